The van der Waals surface area contributed by atoms with Gasteiger partial charge >= 0.3 is 0 Å². The lowest BCUT2D eigenvalue weighted by Crippen LogP contribution is -2.47. The zero-order chi connectivity index (χ0) is 9.90. The largest absolute Gasteiger partial charge is 0.369 e. The summed E-state index contributed by atoms with van der Waals surface area (Å²) in [6.07, 6.45) is 1.11. The molecule has 2 unspecified atom stereocenters. The van der Waals surface area contributed by atoms with Gasteiger partial charge in [0.25, 0.3) is 0 Å². The fourth-order valence-electron chi connectivity index (χ4n) is 1.47. The van der Waals surface area contributed by atoms with Crippen molar-refractivity contribution in [1.82, 2.24) is 10.6 Å². The predicted octanol–water partition coefficient (Wildman–Crippen LogP) is -0.551. The highest BCUT2D eigenvalue weighted by atomic mass is 16.1. The lowest BCUT2D eigenvalue weighted by atomic mass is 10.0. The third kappa shape index (κ3) is 2.97. The zero-order valence-corrected chi connectivity index (χ0v) is 8.39. The van der Waals surface area contributed by atoms with Crippen LogP contribution < -0.4 is 16.4 Å². The fourth-order valence-corrected chi connectivity index (χ4v) is 1.47. The molecule has 1 amide bonds. The van der Waals surface area contributed by atoms with Gasteiger partial charge in [-0.3, -0.25) is 4.79 Å². The van der Waals surface area contributed by atoms with E-state index in [4.69, 9.17) is 5.73 Å². The van der Waals surface area contributed by atoms with Crippen LogP contribution in [0.4, 0.5) is 0 Å². The van der Waals surface area contributed by atoms with Gasteiger partial charge in [0, 0.05) is 24.5 Å². The second kappa shape index (κ2) is 4.07. The molecule has 1 aliphatic heterocycles. The number of rotatable bonds is 4. The van der Waals surface area contributed by atoms with Crippen LogP contribution in [0.1, 0.15) is 20.3 Å². The second-order valence-electron chi connectivity index (χ2n) is 4.17. The highest BCUT2D eigenvalue weighted by Crippen LogP contribution is 2.13. The van der Waals surface area contributed by atoms with Crippen LogP contribution in [0.2, 0.25) is 0 Å². The average Bonchev–Trinajstić information content (AvgIpc) is 2.48. The summed E-state index contributed by atoms with van der Waals surface area (Å²) in [5.74, 6) is -0.320. The van der Waals surface area contributed by atoms with E-state index >= 15 is 0 Å². The minimum absolute atomic E-state index is 0.0857. The van der Waals surface area contributed by atoms with E-state index in [1.165, 1.54) is 0 Å². The number of nitrogens with one attached hydrogen (secondary N) is 2. The third-order valence-electron chi connectivity index (χ3n) is 2.69. The Balaban J connectivity index is 2.28. The lowest BCUT2D eigenvalue weighted by Gasteiger charge is -2.25. The van der Waals surface area contributed by atoms with Gasteiger partial charge in [0.15, 0.2) is 0 Å². The van der Waals surface area contributed by atoms with Crippen LogP contribution in [0.15, 0.2) is 0 Å². The Labute approximate surface area is 79.3 Å². The molecule has 0 saturated carbocycles. The third-order valence-corrected chi connectivity index (χ3v) is 2.69. The molecule has 0 radical (unpaired) electrons. The van der Waals surface area contributed by atoms with Crippen molar-refractivity contribution < 1.29 is 4.79 Å². The lowest BCUT2D eigenvalue weighted by molar-refractivity contribution is -0.121. The summed E-state index contributed by atoms with van der Waals surface area (Å²) >= 11 is 0. The molecule has 13 heavy (non-hydrogen) atoms. The maximum Gasteiger partial charge on any atom is 0.221 e. The smallest absolute Gasteiger partial charge is 0.221 e. The van der Waals surface area contributed by atoms with Gasteiger partial charge in [0.05, 0.1) is 0 Å². The molecule has 0 aromatic heterocycles. The normalized spacial score (nSPS) is 30.3. The van der Waals surface area contributed by atoms with E-state index in [1.807, 2.05) is 6.92 Å². The van der Waals surface area contributed by atoms with Crippen molar-refractivity contribution in [1.29, 1.82) is 0 Å². The van der Waals surface area contributed by atoms with E-state index in [2.05, 4.69) is 17.6 Å². The van der Waals surface area contributed by atoms with Gasteiger partial charge in [0.2, 0.25) is 5.91 Å². The SMILES string of the molecule is CC(CNC1(C)CCNC1)C(N)=O. The Morgan fingerprint density at radius 3 is 2.92 bits per heavy atom. The molecular weight excluding hydrogens is 166 g/mol. The molecule has 4 nitrogen and oxygen atoms in total. The van der Waals surface area contributed by atoms with Gasteiger partial charge in [0.1, 0.15) is 0 Å². The molecule has 0 aromatic carbocycles. The van der Waals surface area contributed by atoms with Gasteiger partial charge in [-0.2, -0.15) is 0 Å². The van der Waals surface area contributed by atoms with Crippen molar-refractivity contribution in [3.8, 4) is 0 Å². The summed E-state index contributed by atoms with van der Waals surface area (Å²) in [6.45, 7) is 6.71. The van der Waals surface area contributed by atoms with E-state index < -0.39 is 0 Å². The molecule has 0 spiro atoms. The molecule has 4 heteroatoms. The molecule has 1 heterocycles. The minimum Gasteiger partial charge on any atom is -0.369 e. The monoisotopic (exact) mass is 185 g/mol. The molecule has 1 rings (SSSR count). The molecule has 76 valence electrons. The molecule has 1 saturated heterocycles. The molecule has 0 aromatic rings. The van der Waals surface area contributed by atoms with Crippen molar-refractivity contribution in [2.45, 2.75) is 25.8 Å². The van der Waals surface area contributed by atoms with Crippen LogP contribution in [-0.4, -0.2) is 31.1 Å². The Morgan fingerprint density at radius 2 is 2.46 bits per heavy atom. The zero-order valence-electron chi connectivity index (χ0n) is 8.39. The van der Waals surface area contributed by atoms with Crippen LogP contribution >= 0.6 is 0 Å². The number of primary amides is 1. The predicted molar refractivity (Wildman–Crippen MR) is 52.3 cm³/mol. The van der Waals surface area contributed by atoms with E-state index in [-0.39, 0.29) is 17.4 Å². The van der Waals surface area contributed by atoms with Crippen molar-refractivity contribution in [2.75, 3.05) is 19.6 Å². The number of carbonyl (C=O) groups is 1. The number of amides is 1. The van der Waals surface area contributed by atoms with E-state index in [9.17, 15) is 4.79 Å². The Kier molecular flexibility index (Phi) is 3.27. The van der Waals surface area contributed by atoms with Crippen LogP contribution in [-0.2, 0) is 4.79 Å². The number of hydrogen-bond donors (Lipinski definition) is 3. The molecule has 0 bridgehead atoms. The first-order chi connectivity index (χ1) is 6.03. The van der Waals surface area contributed by atoms with Gasteiger partial charge in [-0.25, -0.2) is 0 Å². The summed E-state index contributed by atoms with van der Waals surface area (Å²) in [6, 6.07) is 0. The van der Waals surface area contributed by atoms with Gasteiger partial charge in [-0.05, 0) is 19.9 Å². The van der Waals surface area contributed by atoms with E-state index in [1.54, 1.807) is 0 Å². The quantitative estimate of drug-likeness (QED) is 0.550. The second-order valence-corrected chi connectivity index (χ2v) is 4.17. The van der Waals surface area contributed by atoms with Crippen molar-refractivity contribution in [3.05, 3.63) is 0 Å². The Bertz CT molecular complexity index is 187. The minimum atomic E-state index is -0.234. The molecular formula is C9H19N3O. The van der Waals surface area contributed by atoms with E-state index in [0.29, 0.717) is 6.54 Å². The molecule has 0 aliphatic carbocycles. The maximum absolute atomic E-state index is 10.8. The van der Waals surface area contributed by atoms with Crippen LogP contribution in [0.25, 0.3) is 0 Å². The summed E-state index contributed by atoms with van der Waals surface area (Å²) in [5.41, 5.74) is 5.31. The molecule has 1 fully saturated rings. The summed E-state index contributed by atoms with van der Waals surface area (Å²) in [4.78, 5) is 10.8. The average molecular weight is 185 g/mol. The molecule has 4 N–H and O–H groups in total. The first-order valence-corrected chi connectivity index (χ1v) is 4.78. The Morgan fingerprint density at radius 1 is 1.77 bits per heavy atom. The molecule has 2 atom stereocenters. The van der Waals surface area contributed by atoms with E-state index in [0.717, 1.165) is 19.5 Å². The van der Waals surface area contributed by atoms with Gasteiger partial charge in [-0.1, -0.05) is 6.92 Å². The highest BCUT2D eigenvalue weighted by Gasteiger charge is 2.28. The van der Waals surface area contributed by atoms with Crippen molar-refractivity contribution in [3.63, 3.8) is 0 Å². The topological polar surface area (TPSA) is 67.2 Å². The van der Waals surface area contributed by atoms with Crippen LogP contribution in [0.3, 0.4) is 0 Å². The number of carbonyl (C=O) groups excluding carboxylic acids is 1. The first kappa shape index (κ1) is 10.5. The number of hydrogen-bond acceptors (Lipinski definition) is 3. The highest BCUT2D eigenvalue weighted by molar-refractivity contribution is 5.76. The van der Waals surface area contributed by atoms with Crippen molar-refractivity contribution >= 4 is 5.91 Å². The van der Waals surface area contributed by atoms with Crippen LogP contribution in [0, 0.1) is 5.92 Å². The maximum atomic E-state index is 10.8. The Hall–Kier alpha value is -0.610. The van der Waals surface area contributed by atoms with Crippen LogP contribution in [0.5, 0.6) is 0 Å². The summed E-state index contributed by atoms with van der Waals surface area (Å²) in [5, 5.41) is 6.66. The number of nitrogens with two attached hydrogens (primary N) is 1. The first-order valence-electron chi connectivity index (χ1n) is 4.78. The standard InChI is InChI=1S/C9H19N3O/c1-7(8(10)13)5-12-9(2)3-4-11-6-9/h7,11-12H,3-6H2,1-2H3,(H2,10,13). The summed E-state index contributed by atoms with van der Waals surface area (Å²) in [7, 11) is 0. The van der Waals surface area contributed by atoms with Crippen molar-refractivity contribution in [2.24, 2.45) is 11.7 Å². The fraction of sp³-hybridized carbons (Fsp3) is 0.889. The van der Waals surface area contributed by atoms with Gasteiger partial charge < -0.3 is 16.4 Å². The summed E-state index contributed by atoms with van der Waals surface area (Å²) < 4.78 is 0. The van der Waals surface area contributed by atoms with Gasteiger partial charge in [-0.15, -0.1) is 0 Å². The molecule has 1 aliphatic rings.